The minimum Gasteiger partial charge on any atom is -0.469 e. The highest BCUT2D eigenvalue weighted by atomic mass is 32.2. The number of nitrogens with one attached hydrogen (secondary N) is 2. The number of nitrogens with zero attached hydrogens (tertiary/aromatic N) is 3. The van der Waals surface area contributed by atoms with Gasteiger partial charge in [0.1, 0.15) is 5.76 Å². The monoisotopic (exact) mass is 425 g/mol. The summed E-state index contributed by atoms with van der Waals surface area (Å²) in [5.41, 5.74) is 1.77. The molecule has 3 rings (SSSR count). The van der Waals surface area contributed by atoms with Gasteiger partial charge in [-0.15, -0.1) is 16.8 Å². The molecule has 1 unspecified atom stereocenters. The van der Waals surface area contributed by atoms with E-state index in [4.69, 9.17) is 4.42 Å². The van der Waals surface area contributed by atoms with E-state index in [0.29, 0.717) is 24.1 Å². The van der Waals surface area contributed by atoms with Crippen LogP contribution < -0.4 is 10.6 Å². The number of allylic oxidation sites excluding steroid dienone is 1. The normalized spacial score (nSPS) is 11.7. The summed E-state index contributed by atoms with van der Waals surface area (Å²) in [6.07, 6.45) is 3.32. The summed E-state index contributed by atoms with van der Waals surface area (Å²) in [5.74, 6) is 0.946. The van der Waals surface area contributed by atoms with Crippen LogP contribution in [0.3, 0.4) is 0 Å². The Morgan fingerprint density at radius 2 is 2.03 bits per heavy atom. The van der Waals surface area contributed by atoms with Crippen molar-refractivity contribution in [2.24, 2.45) is 0 Å². The summed E-state index contributed by atoms with van der Waals surface area (Å²) in [7, 11) is 0. The van der Waals surface area contributed by atoms with Crippen molar-refractivity contribution in [1.82, 2.24) is 25.4 Å². The lowest BCUT2D eigenvalue weighted by atomic mass is 10.2. The van der Waals surface area contributed by atoms with Crippen molar-refractivity contribution in [2.75, 3.05) is 0 Å². The quantitative estimate of drug-likeness (QED) is 0.423. The Hall–Kier alpha value is -3.33. The van der Waals surface area contributed by atoms with Gasteiger partial charge < -0.3 is 9.73 Å². The van der Waals surface area contributed by atoms with Crippen LogP contribution in [-0.4, -0.2) is 32.0 Å². The molecule has 30 heavy (non-hydrogen) atoms. The fourth-order valence-corrected chi connectivity index (χ4v) is 3.59. The average Bonchev–Trinajstić information content (AvgIpc) is 3.33. The first-order valence-electron chi connectivity index (χ1n) is 9.37. The molecule has 2 N–H and O–H groups in total. The van der Waals surface area contributed by atoms with Gasteiger partial charge in [-0.05, 0) is 25.5 Å². The molecular weight excluding hydrogens is 402 g/mol. The van der Waals surface area contributed by atoms with Crippen LogP contribution in [0, 0.1) is 6.92 Å². The maximum Gasteiger partial charge on any atom is 0.321 e. The zero-order valence-electron chi connectivity index (χ0n) is 16.8. The Morgan fingerprint density at radius 3 is 2.70 bits per heavy atom. The minimum atomic E-state index is -0.557. The lowest BCUT2D eigenvalue weighted by molar-refractivity contribution is -0.119. The number of furan rings is 1. The van der Waals surface area contributed by atoms with Gasteiger partial charge in [-0.1, -0.05) is 48.2 Å². The fourth-order valence-electron chi connectivity index (χ4n) is 2.73. The third-order valence-corrected chi connectivity index (χ3v) is 5.39. The summed E-state index contributed by atoms with van der Waals surface area (Å²) in [4.78, 5) is 24.5. The first kappa shape index (κ1) is 21.4. The lowest BCUT2D eigenvalue weighted by Crippen LogP contribution is -2.42. The van der Waals surface area contributed by atoms with Crippen molar-refractivity contribution in [1.29, 1.82) is 0 Å². The maximum atomic E-state index is 12.4. The number of amides is 3. The van der Waals surface area contributed by atoms with E-state index in [1.807, 2.05) is 47.9 Å². The Balaban J connectivity index is 1.62. The predicted octanol–water partition coefficient (Wildman–Crippen LogP) is 3.54. The van der Waals surface area contributed by atoms with E-state index in [1.165, 1.54) is 11.8 Å². The van der Waals surface area contributed by atoms with Gasteiger partial charge in [0.05, 0.1) is 17.1 Å². The third kappa shape index (κ3) is 5.18. The molecule has 0 fully saturated rings. The number of thioether (sulfide) groups is 1. The van der Waals surface area contributed by atoms with Gasteiger partial charge in [0.2, 0.25) is 5.91 Å². The molecule has 1 atom stereocenters. The van der Waals surface area contributed by atoms with E-state index in [1.54, 1.807) is 19.3 Å². The van der Waals surface area contributed by atoms with E-state index in [9.17, 15) is 9.59 Å². The van der Waals surface area contributed by atoms with Crippen molar-refractivity contribution in [3.05, 3.63) is 66.6 Å². The molecule has 0 saturated carbocycles. The van der Waals surface area contributed by atoms with Crippen LogP contribution in [0.15, 0.2) is 64.9 Å². The highest BCUT2D eigenvalue weighted by molar-refractivity contribution is 8.00. The van der Waals surface area contributed by atoms with Gasteiger partial charge in [-0.25, -0.2) is 4.79 Å². The standard InChI is InChI=1S/C21H23N5O3S/c1-4-11-26-18(17-10-12-29-14(17)2)24-25-21(26)30-15(3)19(27)23-20(28)22-13-16-8-6-5-7-9-16/h4-10,12,15H,1,11,13H2,2-3H3,(H2,22,23,27,28). The SMILES string of the molecule is C=CCn1c(SC(C)C(=O)NC(=O)NCc2ccccc2)nnc1-c1ccoc1C. The summed E-state index contributed by atoms with van der Waals surface area (Å²) in [6, 6.07) is 10.7. The molecule has 156 valence electrons. The number of carbonyl (C=O) groups is 2. The van der Waals surface area contributed by atoms with Crippen LogP contribution in [0.1, 0.15) is 18.2 Å². The van der Waals surface area contributed by atoms with Crippen LogP contribution >= 0.6 is 11.8 Å². The van der Waals surface area contributed by atoms with E-state index in [0.717, 1.165) is 16.9 Å². The fraction of sp³-hybridized carbons (Fsp3) is 0.238. The number of imide groups is 1. The molecule has 0 spiro atoms. The van der Waals surface area contributed by atoms with Crippen LogP contribution in [-0.2, 0) is 17.9 Å². The van der Waals surface area contributed by atoms with Crippen LogP contribution in [0.2, 0.25) is 0 Å². The molecule has 9 heteroatoms. The Labute approximate surface area is 178 Å². The second kappa shape index (κ2) is 9.93. The molecule has 0 aliphatic carbocycles. The second-order valence-electron chi connectivity index (χ2n) is 6.51. The average molecular weight is 426 g/mol. The van der Waals surface area contributed by atoms with E-state index in [2.05, 4.69) is 27.4 Å². The Kier molecular flexibility index (Phi) is 7.08. The molecule has 3 aromatic rings. The molecule has 3 amide bonds. The van der Waals surface area contributed by atoms with E-state index in [-0.39, 0.29) is 0 Å². The van der Waals surface area contributed by atoms with E-state index < -0.39 is 17.2 Å². The largest absolute Gasteiger partial charge is 0.469 e. The molecule has 1 aromatic carbocycles. The molecule has 0 radical (unpaired) electrons. The van der Waals surface area contributed by atoms with E-state index >= 15 is 0 Å². The van der Waals surface area contributed by atoms with Crippen LogP contribution in [0.4, 0.5) is 4.79 Å². The van der Waals surface area contributed by atoms with Crippen molar-refractivity contribution in [2.45, 2.75) is 37.3 Å². The van der Waals surface area contributed by atoms with Crippen molar-refractivity contribution >= 4 is 23.7 Å². The number of aryl methyl sites for hydroxylation is 1. The second-order valence-corrected chi connectivity index (χ2v) is 7.82. The van der Waals surface area contributed by atoms with Gasteiger partial charge in [-0.2, -0.15) is 0 Å². The van der Waals surface area contributed by atoms with Gasteiger partial charge in [0, 0.05) is 13.1 Å². The van der Waals surface area contributed by atoms with Crippen molar-refractivity contribution < 1.29 is 14.0 Å². The molecule has 0 aliphatic rings. The molecule has 2 heterocycles. The third-order valence-electron chi connectivity index (χ3n) is 4.31. The Bertz CT molecular complexity index is 1030. The smallest absolute Gasteiger partial charge is 0.321 e. The zero-order chi connectivity index (χ0) is 21.5. The molecule has 8 nitrogen and oxygen atoms in total. The Morgan fingerprint density at radius 1 is 1.27 bits per heavy atom. The first-order valence-corrected chi connectivity index (χ1v) is 10.3. The topological polar surface area (TPSA) is 102 Å². The minimum absolute atomic E-state index is 0.336. The first-order chi connectivity index (χ1) is 14.5. The number of benzene rings is 1. The number of carbonyl (C=O) groups excluding carboxylic acids is 2. The highest BCUT2D eigenvalue weighted by Crippen LogP contribution is 2.29. The number of hydrogen-bond acceptors (Lipinski definition) is 6. The van der Waals surface area contributed by atoms with Gasteiger partial charge in [-0.3, -0.25) is 14.7 Å². The maximum absolute atomic E-state index is 12.4. The molecular formula is C21H23N5O3S. The predicted molar refractivity (Wildman–Crippen MR) is 115 cm³/mol. The summed E-state index contributed by atoms with van der Waals surface area (Å²) in [6.45, 7) is 8.14. The lowest BCUT2D eigenvalue weighted by Gasteiger charge is -2.13. The summed E-state index contributed by atoms with van der Waals surface area (Å²) in [5, 5.41) is 13.5. The van der Waals surface area contributed by atoms with Crippen LogP contribution in [0.5, 0.6) is 0 Å². The van der Waals surface area contributed by atoms with Crippen LogP contribution in [0.25, 0.3) is 11.4 Å². The molecule has 0 aliphatic heterocycles. The molecule has 2 aromatic heterocycles. The molecule has 0 bridgehead atoms. The molecule has 0 saturated heterocycles. The summed E-state index contributed by atoms with van der Waals surface area (Å²) >= 11 is 1.22. The van der Waals surface area contributed by atoms with Gasteiger partial charge in [0.15, 0.2) is 11.0 Å². The van der Waals surface area contributed by atoms with Crippen molar-refractivity contribution in [3.8, 4) is 11.4 Å². The van der Waals surface area contributed by atoms with Gasteiger partial charge in [0.25, 0.3) is 0 Å². The number of urea groups is 1. The number of rotatable bonds is 8. The number of hydrogen-bond donors (Lipinski definition) is 2. The summed E-state index contributed by atoms with van der Waals surface area (Å²) < 4.78 is 7.21. The number of aromatic nitrogens is 3. The van der Waals surface area contributed by atoms with Gasteiger partial charge >= 0.3 is 6.03 Å². The van der Waals surface area contributed by atoms with Crippen molar-refractivity contribution in [3.63, 3.8) is 0 Å². The zero-order valence-corrected chi connectivity index (χ0v) is 17.6. The highest BCUT2D eigenvalue weighted by Gasteiger charge is 2.22.